The minimum Gasteiger partial charge on any atom is -0.385 e. The van der Waals surface area contributed by atoms with E-state index >= 15 is 0 Å². The van der Waals surface area contributed by atoms with Gasteiger partial charge in [-0.15, -0.1) is 0 Å². The van der Waals surface area contributed by atoms with Gasteiger partial charge in [-0.3, -0.25) is 0 Å². The molecule has 0 unspecified atom stereocenters. The summed E-state index contributed by atoms with van der Waals surface area (Å²) >= 11 is 22.9. The van der Waals surface area contributed by atoms with Gasteiger partial charge in [0.05, 0.1) is 15.1 Å². The number of benzene rings is 1. The molecule has 0 aliphatic heterocycles. The lowest BCUT2D eigenvalue weighted by Crippen LogP contribution is -1.90. The van der Waals surface area contributed by atoms with E-state index in [2.05, 4.69) is 4.29 Å². The molecule has 0 aromatic heterocycles. The summed E-state index contributed by atoms with van der Waals surface area (Å²) in [6.07, 6.45) is 0. The Hall–Kier alpha value is 0.180. The van der Waals surface area contributed by atoms with E-state index in [1.807, 2.05) is 0 Å². The van der Waals surface area contributed by atoms with Gasteiger partial charge >= 0.3 is 0 Å². The van der Waals surface area contributed by atoms with Crippen molar-refractivity contribution in [1.29, 1.82) is 0 Å². The molecule has 1 nitrogen and oxygen atoms in total. The van der Waals surface area contributed by atoms with Crippen LogP contribution in [0, 0.1) is 13.8 Å². The van der Waals surface area contributed by atoms with Crippen molar-refractivity contribution in [3.05, 3.63) is 26.2 Å². The predicted molar refractivity (Wildman–Crippen MR) is 57.4 cm³/mol. The number of rotatable bonds is 1. The number of hydrogen-bond donors (Lipinski definition) is 0. The summed E-state index contributed by atoms with van der Waals surface area (Å²) in [4.78, 5) is 0. The first-order chi connectivity index (χ1) is 6.00. The molecule has 0 bridgehead atoms. The molecule has 72 valence electrons. The van der Waals surface area contributed by atoms with E-state index in [9.17, 15) is 0 Å². The van der Waals surface area contributed by atoms with E-state index in [0.29, 0.717) is 31.9 Å². The topological polar surface area (TPSA) is 9.23 Å². The van der Waals surface area contributed by atoms with E-state index in [0.717, 1.165) is 0 Å². The van der Waals surface area contributed by atoms with Gasteiger partial charge in [-0.1, -0.05) is 34.8 Å². The van der Waals surface area contributed by atoms with Crippen LogP contribution in [0.25, 0.3) is 0 Å². The maximum atomic E-state index is 5.88. The molecule has 0 saturated heterocycles. The lowest BCUT2D eigenvalue weighted by Gasteiger charge is -2.11. The highest BCUT2D eigenvalue weighted by molar-refractivity contribution is 6.48. The summed E-state index contributed by atoms with van der Waals surface area (Å²) in [7, 11) is 0. The van der Waals surface area contributed by atoms with Crippen molar-refractivity contribution in [3.63, 3.8) is 0 Å². The summed E-state index contributed by atoms with van der Waals surface area (Å²) in [6.45, 7) is 3.52. The Kier molecular flexibility index (Phi) is 3.58. The van der Waals surface area contributed by atoms with Crippen LogP contribution in [0.2, 0.25) is 15.1 Å². The third-order valence-electron chi connectivity index (χ3n) is 1.80. The highest BCUT2D eigenvalue weighted by Crippen LogP contribution is 2.42. The second-order valence-corrected chi connectivity index (χ2v) is 3.89. The summed E-state index contributed by atoms with van der Waals surface area (Å²) in [6, 6.07) is 0. The molecule has 0 aliphatic carbocycles. The zero-order valence-electron chi connectivity index (χ0n) is 6.92. The zero-order chi connectivity index (χ0) is 10.2. The molecule has 0 spiro atoms. The second-order valence-electron chi connectivity index (χ2n) is 2.60. The number of hydrogen-bond acceptors (Lipinski definition) is 1. The Morgan fingerprint density at radius 3 is 1.54 bits per heavy atom. The Labute approximate surface area is 96.7 Å². The SMILES string of the molecule is Cc1c(Cl)c(Cl)c(Cl)c(C)c1OCl. The molecule has 13 heavy (non-hydrogen) atoms. The maximum Gasteiger partial charge on any atom is 0.155 e. The van der Waals surface area contributed by atoms with Crippen molar-refractivity contribution in [2.45, 2.75) is 13.8 Å². The molecule has 1 rings (SSSR count). The van der Waals surface area contributed by atoms with Gasteiger partial charge < -0.3 is 4.29 Å². The Bertz CT molecular complexity index is 319. The quantitative estimate of drug-likeness (QED) is 0.659. The fraction of sp³-hybridized carbons (Fsp3) is 0.250. The van der Waals surface area contributed by atoms with Crippen LogP contribution in [0.15, 0.2) is 0 Å². The molecule has 0 heterocycles. The fourth-order valence-corrected chi connectivity index (χ4v) is 1.95. The van der Waals surface area contributed by atoms with E-state index in [1.54, 1.807) is 13.8 Å². The minimum absolute atomic E-state index is 0.329. The van der Waals surface area contributed by atoms with Crippen LogP contribution in [-0.2, 0) is 0 Å². The average molecular weight is 260 g/mol. The van der Waals surface area contributed by atoms with Gasteiger partial charge in [0, 0.05) is 11.1 Å². The first kappa shape index (κ1) is 11.3. The number of halogens is 4. The Morgan fingerprint density at radius 1 is 0.846 bits per heavy atom. The monoisotopic (exact) mass is 258 g/mol. The van der Waals surface area contributed by atoms with Crippen LogP contribution in [0.5, 0.6) is 5.75 Å². The van der Waals surface area contributed by atoms with Gasteiger partial charge in [0.1, 0.15) is 11.9 Å². The smallest absolute Gasteiger partial charge is 0.155 e. The summed E-state index contributed by atoms with van der Waals surface area (Å²) in [5.41, 5.74) is 1.37. The van der Waals surface area contributed by atoms with Gasteiger partial charge in [-0.05, 0) is 13.8 Å². The third-order valence-corrected chi connectivity index (χ3v) is 3.47. The third kappa shape index (κ3) is 1.84. The summed E-state index contributed by atoms with van der Waals surface area (Å²) in [5, 5.41) is 1.07. The lowest BCUT2D eigenvalue weighted by molar-refractivity contribution is 0.607. The average Bonchev–Trinajstić information content (AvgIpc) is 2.13. The molecule has 1 aromatic rings. The highest BCUT2D eigenvalue weighted by Gasteiger charge is 2.16. The van der Waals surface area contributed by atoms with Crippen molar-refractivity contribution >= 4 is 46.7 Å². The second kappa shape index (κ2) is 4.14. The Balaban J connectivity index is 3.56. The van der Waals surface area contributed by atoms with Crippen molar-refractivity contribution in [1.82, 2.24) is 0 Å². The molecule has 0 saturated carbocycles. The molecule has 0 amide bonds. The van der Waals surface area contributed by atoms with E-state index in [-0.39, 0.29) is 0 Å². The molecule has 1 aromatic carbocycles. The predicted octanol–water partition coefficient (Wildman–Crippen LogP) is 4.80. The van der Waals surface area contributed by atoms with Crippen LogP contribution in [0.1, 0.15) is 11.1 Å². The molecule has 0 aliphatic rings. The van der Waals surface area contributed by atoms with Crippen LogP contribution >= 0.6 is 46.7 Å². The van der Waals surface area contributed by atoms with Crippen LogP contribution < -0.4 is 4.29 Å². The van der Waals surface area contributed by atoms with Crippen LogP contribution in [0.3, 0.4) is 0 Å². The molecular formula is C8H6Cl4O. The summed E-state index contributed by atoms with van der Waals surface area (Å²) < 4.78 is 4.64. The van der Waals surface area contributed by atoms with Gasteiger partial charge in [-0.2, -0.15) is 0 Å². The van der Waals surface area contributed by atoms with Crippen molar-refractivity contribution in [2.75, 3.05) is 0 Å². The van der Waals surface area contributed by atoms with Crippen molar-refractivity contribution in [3.8, 4) is 5.75 Å². The van der Waals surface area contributed by atoms with Gasteiger partial charge in [-0.25, -0.2) is 0 Å². The first-order valence-corrected chi connectivity index (χ1v) is 4.87. The minimum atomic E-state index is 0.329. The Morgan fingerprint density at radius 2 is 1.23 bits per heavy atom. The molecule has 0 radical (unpaired) electrons. The molecule has 0 fully saturated rings. The van der Waals surface area contributed by atoms with E-state index < -0.39 is 0 Å². The van der Waals surface area contributed by atoms with E-state index in [1.165, 1.54) is 0 Å². The molecule has 0 N–H and O–H groups in total. The highest BCUT2D eigenvalue weighted by atomic mass is 35.5. The molecule has 5 heteroatoms. The maximum absolute atomic E-state index is 5.88. The zero-order valence-corrected chi connectivity index (χ0v) is 9.94. The molecular weight excluding hydrogens is 254 g/mol. The standard InChI is InChI=1S/C8H6Cl4O/c1-3-5(9)7(11)6(10)4(2)8(3)13-12/h1-2H3. The summed E-state index contributed by atoms with van der Waals surface area (Å²) in [5.74, 6) is 0.459. The lowest BCUT2D eigenvalue weighted by atomic mass is 10.1. The normalized spacial score (nSPS) is 10.3. The largest absolute Gasteiger partial charge is 0.385 e. The van der Waals surface area contributed by atoms with Crippen molar-refractivity contribution < 1.29 is 4.29 Å². The fourth-order valence-electron chi connectivity index (χ4n) is 1.02. The van der Waals surface area contributed by atoms with Crippen LogP contribution in [-0.4, -0.2) is 0 Å². The first-order valence-electron chi connectivity index (χ1n) is 3.43. The van der Waals surface area contributed by atoms with Crippen LogP contribution in [0.4, 0.5) is 0 Å². The molecule has 0 atom stereocenters. The van der Waals surface area contributed by atoms with Crippen molar-refractivity contribution in [2.24, 2.45) is 0 Å². The van der Waals surface area contributed by atoms with Gasteiger partial charge in [0.15, 0.2) is 5.75 Å². The van der Waals surface area contributed by atoms with Gasteiger partial charge in [0.2, 0.25) is 0 Å². The van der Waals surface area contributed by atoms with Gasteiger partial charge in [0.25, 0.3) is 0 Å². The van der Waals surface area contributed by atoms with E-state index in [4.69, 9.17) is 46.7 Å².